The fourth-order valence-corrected chi connectivity index (χ4v) is 16.5. The van der Waals surface area contributed by atoms with Gasteiger partial charge in [-0.25, -0.2) is 0 Å². The number of carbonyl (C=O) groups excluding carboxylic acids is 15. The molecule has 1 unspecified atom stereocenters. The van der Waals surface area contributed by atoms with Gasteiger partial charge < -0.3 is 98.3 Å². The summed E-state index contributed by atoms with van der Waals surface area (Å²) >= 11 is 0.835. The molecule has 11 atom stereocenters. The van der Waals surface area contributed by atoms with Crippen LogP contribution >= 0.6 is 11.8 Å². The molecule has 15 N–H and O–H groups in total. The lowest BCUT2D eigenvalue weighted by Gasteiger charge is -2.37. The Bertz CT molecular complexity index is 5350. The number of hydrogen-bond acceptors (Lipinski definition) is 18. The van der Waals surface area contributed by atoms with Gasteiger partial charge in [0.25, 0.3) is 0 Å². The number of nitrogens with one attached hydrogen (secondary N) is 11. The number of carboxylic acids is 1. The number of para-hydroxylation sites is 2. The molecule has 0 bridgehead atoms. The number of benzene rings is 6. The number of thioether (sulfide) groups is 1. The number of likely N-dealkylation sites (N-methyl/N-ethyl adjacent to an activating group) is 5. The van der Waals surface area contributed by atoms with Crippen LogP contribution in [-0.2, 0) is 115 Å². The van der Waals surface area contributed by atoms with E-state index in [2.05, 4.69) is 57.8 Å². The number of aliphatic carboxylic acids is 1. The van der Waals surface area contributed by atoms with Crippen molar-refractivity contribution < 1.29 is 86.9 Å². The molecule has 1 aliphatic heterocycles. The maximum atomic E-state index is 15.6. The number of unbranched alkanes of at least 4 members (excludes halogenated alkanes) is 1. The molecule has 0 saturated carbocycles. The number of amides is 15. The summed E-state index contributed by atoms with van der Waals surface area (Å²) in [6.07, 6.45) is 1.92. The van der Waals surface area contributed by atoms with Crippen molar-refractivity contribution in [1.82, 2.24) is 82.3 Å². The molecule has 0 spiro atoms. The summed E-state index contributed by atoms with van der Waals surface area (Å²) in [6, 6.07) is 29.1. The zero-order valence-corrected chi connectivity index (χ0v) is 76.0. The van der Waals surface area contributed by atoms with E-state index >= 15 is 43.2 Å². The van der Waals surface area contributed by atoms with Gasteiger partial charge in [0.05, 0.1) is 31.8 Å². The molecule has 0 aliphatic carbocycles. The molecule has 1 aliphatic rings. The zero-order chi connectivity index (χ0) is 95.3. The minimum absolute atomic E-state index is 0.0351. The highest BCUT2D eigenvalue weighted by atomic mass is 32.2. The van der Waals surface area contributed by atoms with Crippen molar-refractivity contribution in [2.45, 2.75) is 172 Å². The Balaban J connectivity index is 1.12. The molecule has 2 aromatic heterocycles. The number of nitrogens with two attached hydrogens (primary N) is 1. The number of rotatable bonds is 23. The Morgan fingerprint density at radius 1 is 0.450 bits per heavy atom. The van der Waals surface area contributed by atoms with Gasteiger partial charge in [0.15, 0.2) is 0 Å². The number of hydrogen-bond donors (Lipinski definition) is 14. The van der Waals surface area contributed by atoms with Crippen molar-refractivity contribution in [2.24, 2.45) is 17.6 Å². The second-order valence-corrected chi connectivity index (χ2v) is 34.8. The Labute approximate surface area is 764 Å². The first-order valence-electron chi connectivity index (χ1n) is 43.5. The highest BCUT2D eigenvalue weighted by Crippen LogP contribution is 2.26. The number of primary amides is 1. The van der Waals surface area contributed by atoms with Gasteiger partial charge in [0.1, 0.15) is 72.2 Å². The van der Waals surface area contributed by atoms with Gasteiger partial charge in [-0.1, -0.05) is 187 Å². The van der Waals surface area contributed by atoms with Gasteiger partial charge in [0, 0.05) is 114 Å². The number of carboxylic acid groups (broad SMARTS) is 1. The molecule has 36 heteroatoms. The van der Waals surface area contributed by atoms with E-state index in [-0.39, 0.29) is 68.8 Å². The predicted molar refractivity (Wildman–Crippen MR) is 492 cm³/mol. The van der Waals surface area contributed by atoms with Crippen LogP contribution in [0.3, 0.4) is 0 Å². The normalized spacial score (nSPS) is 21.8. The van der Waals surface area contributed by atoms with E-state index < -0.39 is 199 Å². The number of phenolic OH excluding ortho intramolecular Hbond substituents is 1. The summed E-state index contributed by atoms with van der Waals surface area (Å²) in [6.45, 7) is 6.27. The average Bonchev–Trinajstić information content (AvgIpc) is 1.80. The number of nitrogens with zero attached hydrogens (tertiary/aromatic N) is 5. The molecule has 6 aromatic carbocycles. The summed E-state index contributed by atoms with van der Waals surface area (Å²) < 4.78 is 0. The van der Waals surface area contributed by atoms with E-state index in [1.165, 1.54) is 69.3 Å². The number of aromatic hydroxyl groups is 1. The molecule has 698 valence electrons. The van der Waals surface area contributed by atoms with Crippen LogP contribution in [0.25, 0.3) is 21.8 Å². The molecule has 35 nitrogen and oxygen atoms in total. The first kappa shape index (κ1) is 101. The van der Waals surface area contributed by atoms with Crippen molar-refractivity contribution in [1.29, 1.82) is 0 Å². The first-order valence-corrected chi connectivity index (χ1v) is 44.7. The van der Waals surface area contributed by atoms with Crippen molar-refractivity contribution in [3.63, 3.8) is 0 Å². The van der Waals surface area contributed by atoms with Crippen molar-refractivity contribution in [3.05, 3.63) is 210 Å². The number of carbonyl (C=O) groups is 16. The summed E-state index contributed by atoms with van der Waals surface area (Å²) in [7, 11) is 6.62. The maximum Gasteiger partial charge on any atom is 0.305 e. The Kier molecular flexibility index (Phi) is 37.3. The van der Waals surface area contributed by atoms with Crippen LogP contribution in [0, 0.1) is 11.8 Å². The van der Waals surface area contributed by atoms with Crippen LogP contribution in [0.15, 0.2) is 176 Å². The Hall–Kier alpha value is -13.9. The molecular formula is C95H119N17O18S. The van der Waals surface area contributed by atoms with Gasteiger partial charge in [-0.15, -0.1) is 11.8 Å². The van der Waals surface area contributed by atoms with Gasteiger partial charge in [0.2, 0.25) is 88.6 Å². The molecule has 8 aromatic rings. The number of H-pyrrole nitrogens is 2. The second kappa shape index (κ2) is 48.5. The minimum atomic E-state index is -1.90. The SMILES string of the molecule is CCCC[C@H]1C(=O)N(C)CC(=O)NC(CC(=O)O)C(=O)N[C@@H](C(C)C)C(=O)N(C)[C@@H](Cc2ccccc2)C(=O)N[C@@H](Cc2c[nH]c3ccccc23)C(=O)N(C)CC(=O)N[C@@H](Cc2c[nH]c3ccccc23)C(=O)N[C@@H](Cc2ccc(O)cc2)C(=O)N[C@@H](CC(C)C)C(=O)N[C@H](C(=O)NCC(N)=O)CSCC(=O)N[C@@H](Cc2ccccc2)C(=O)N(C)[C@@H](Cc2ccccc2)C(=O)N1C. The second-order valence-electron chi connectivity index (χ2n) is 33.8. The maximum absolute atomic E-state index is 15.6. The number of aromatic amines is 2. The van der Waals surface area contributed by atoms with Crippen LogP contribution in [0.1, 0.15) is 100 Å². The standard InChI is InChI=1S/C95H119N17O18S/c1-11-12-36-76-93(128)109(7)53-81(116)101-72(48-83(118)119)89(124)107-84(57(4)5)95(130)111(9)77(44-59-28-18-14-19-29-59)90(125)105-74(47-63-50-98-68-35-25-23-33-66(63)68)91(126)108(6)52-80(115)100-71(46-62-49-97-67-34-24-22-32-65(62)67)88(123)104-70(42-61-37-39-64(113)40-38-61)87(122)103-69(41-56(2)3)86(121)106-75(85(120)99-51-79(96)114)54-131-55-82(117)102-73(43-58-26-16-13-17-27-58)92(127)112(10)78(94(129)110(76)8)45-60-30-20-15-21-31-60/h13-35,37-40,49-50,56-57,69-78,84,97-98,113H,11-12,36,41-48,51-55H2,1-10H3,(H2,96,114)(H,99,120)(H,100,115)(H,101,116)(H,102,117)(H,103,122)(H,104,123)(H,105,125)(H,106,121)(H,107,124)(H,118,119)/t69-,70-,71-,72?,73-,74-,75-,76-,77-,78-,84-/m0/s1. The predicted octanol–water partition coefficient (Wildman–Crippen LogP) is 3.10. The first-order chi connectivity index (χ1) is 62.5. The lowest BCUT2D eigenvalue weighted by Crippen LogP contribution is -2.61. The van der Waals surface area contributed by atoms with Crippen LogP contribution in [0.4, 0.5) is 0 Å². The molecule has 1 fully saturated rings. The van der Waals surface area contributed by atoms with Crippen LogP contribution in [0.2, 0.25) is 0 Å². The van der Waals surface area contributed by atoms with E-state index in [4.69, 9.17) is 5.73 Å². The minimum Gasteiger partial charge on any atom is -0.508 e. The smallest absolute Gasteiger partial charge is 0.305 e. The Morgan fingerprint density at radius 2 is 0.885 bits per heavy atom. The third kappa shape index (κ3) is 29.3. The molecule has 9 rings (SSSR count). The third-order valence-electron chi connectivity index (χ3n) is 22.8. The molecule has 15 amide bonds. The van der Waals surface area contributed by atoms with Crippen molar-refractivity contribution in [3.8, 4) is 5.75 Å². The topological polar surface area (TPSA) is 496 Å². The summed E-state index contributed by atoms with van der Waals surface area (Å²) in [5, 5.41) is 46.2. The zero-order valence-electron chi connectivity index (χ0n) is 75.2. The van der Waals surface area contributed by atoms with E-state index in [0.29, 0.717) is 68.0 Å². The lowest BCUT2D eigenvalue weighted by molar-refractivity contribution is -0.151. The van der Waals surface area contributed by atoms with Gasteiger partial charge >= 0.3 is 5.97 Å². The number of aromatic nitrogens is 2. The largest absolute Gasteiger partial charge is 0.508 e. The highest BCUT2D eigenvalue weighted by molar-refractivity contribution is 8.00. The molecule has 0 radical (unpaired) electrons. The quantitative estimate of drug-likeness (QED) is 0.0437. The van der Waals surface area contributed by atoms with Gasteiger partial charge in [-0.05, 0) is 82.3 Å². The molecule has 3 heterocycles. The molecule has 131 heavy (non-hydrogen) atoms. The number of phenols is 1. The van der Waals surface area contributed by atoms with Gasteiger partial charge in [-0.3, -0.25) is 76.7 Å². The van der Waals surface area contributed by atoms with Gasteiger partial charge in [-0.2, -0.15) is 0 Å². The van der Waals surface area contributed by atoms with E-state index in [1.807, 2.05) is 6.92 Å². The van der Waals surface area contributed by atoms with E-state index in [0.717, 1.165) is 26.5 Å². The Morgan fingerprint density at radius 3 is 1.42 bits per heavy atom. The van der Waals surface area contributed by atoms with Crippen molar-refractivity contribution in [2.75, 3.05) is 66.4 Å². The summed E-state index contributed by atoms with van der Waals surface area (Å²) in [5.74, 6) is -17.0. The highest BCUT2D eigenvalue weighted by Gasteiger charge is 2.42. The third-order valence-corrected chi connectivity index (χ3v) is 23.8. The summed E-state index contributed by atoms with van der Waals surface area (Å²) in [4.78, 5) is 248. The lowest BCUT2D eigenvalue weighted by atomic mass is 9.98. The van der Waals surface area contributed by atoms with Crippen LogP contribution in [-0.4, -0.2) is 272 Å². The van der Waals surface area contributed by atoms with E-state index in [9.17, 15) is 43.8 Å². The molecular weight excluding hydrogens is 1700 g/mol. The summed E-state index contributed by atoms with van der Waals surface area (Å²) in [5.41, 5.74) is 10.0. The fraction of sp³-hybridized carbons (Fsp3) is 0.411. The van der Waals surface area contributed by atoms with Crippen LogP contribution < -0.4 is 53.6 Å². The molecule has 1 saturated heterocycles. The van der Waals surface area contributed by atoms with Crippen molar-refractivity contribution >= 4 is 128 Å². The average molecular weight is 1820 g/mol. The van der Waals surface area contributed by atoms with Crippen LogP contribution in [0.5, 0.6) is 5.75 Å². The fourth-order valence-electron chi connectivity index (χ4n) is 15.6. The number of fused-ring (bicyclic) bond motifs is 2. The monoisotopic (exact) mass is 1820 g/mol. The van der Waals surface area contributed by atoms with E-state index in [1.54, 1.807) is 180 Å².